The first-order valence-electron chi connectivity index (χ1n) is 15.6. The molecule has 0 aromatic rings. The molecule has 3 aliphatic carbocycles. The maximum atomic E-state index is 12.2. The van der Waals surface area contributed by atoms with Gasteiger partial charge >= 0.3 is 0 Å². The SMILES string of the molecule is COC[C@H]1CC[C@@H]2C1=C[C@@]1(C)CCC(C(C)C)=C1[C@@H]([C@H]1O[C@@H]3CO[C@@H](OCCCCCN)[C@@H]3[C@H]1O)[C@H](O)[C@@H]2C. The third kappa shape index (κ3) is 5.42. The molecule has 2 saturated heterocycles. The molecule has 1 saturated carbocycles. The molecule has 4 N–H and O–H groups in total. The third-order valence-electron chi connectivity index (χ3n) is 10.7. The summed E-state index contributed by atoms with van der Waals surface area (Å²) in [7, 11) is 1.79. The fourth-order valence-corrected chi connectivity index (χ4v) is 8.70. The summed E-state index contributed by atoms with van der Waals surface area (Å²) < 4.78 is 24.4. The number of aliphatic hydroxyl groups excluding tert-OH is 2. The van der Waals surface area contributed by atoms with Crippen LogP contribution in [0.1, 0.15) is 72.6 Å². The van der Waals surface area contributed by atoms with Gasteiger partial charge in [0.2, 0.25) is 0 Å². The average Bonchev–Trinajstić information content (AvgIpc) is 3.64. The molecule has 39 heavy (non-hydrogen) atoms. The van der Waals surface area contributed by atoms with Crippen LogP contribution in [0.3, 0.4) is 0 Å². The van der Waals surface area contributed by atoms with E-state index in [1.807, 2.05) is 0 Å². The molecule has 5 rings (SSSR count). The molecule has 0 amide bonds. The Morgan fingerprint density at radius 3 is 2.67 bits per heavy atom. The van der Waals surface area contributed by atoms with Crippen LogP contribution in [0.15, 0.2) is 22.8 Å². The smallest absolute Gasteiger partial charge is 0.165 e. The summed E-state index contributed by atoms with van der Waals surface area (Å²) in [5.74, 6) is 0.697. The lowest BCUT2D eigenvalue weighted by atomic mass is 9.63. The first-order valence-corrected chi connectivity index (χ1v) is 15.6. The van der Waals surface area contributed by atoms with Crippen LogP contribution in [-0.4, -0.2) is 74.4 Å². The Kier molecular flexibility index (Phi) is 9.29. The van der Waals surface area contributed by atoms with E-state index >= 15 is 0 Å². The summed E-state index contributed by atoms with van der Waals surface area (Å²) in [5, 5.41) is 24.1. The van der Waals surface area contributed by atoms with Crippen molar-refractivity contribution in [3.8, 4) is 0 Å². The molecule has 7 nitrogen and oxygen atoms in total. The second kappa shape index (κ2) is 12.2. The molecule has 2 heterocycles. The summed E-state index contributed by atoms with van der Waals surface area (Å²) in [4.78, 5) is 0. The largest absolute Gasteiger partial charge is 0.392 e. The summed E-state index contributed by atoms with van der Waals surface area (Å²) in [6.45, 7) is 11.5. The normalized spacial score (nSPS) is 43.9. The number of allylic oxidation sites excluding steroid dienone is 2. The molecule has 2 aliphatic heterocycles. The monoisotopic (exact) mass is 547 g/mol. The highest BCUT2D eigenvalue weighted by Gasteiger charge is 2.59. The Morgan fingerprint density at radius 2 is 1.95 bits per heavy atom. The van der Waals surface area contributed by atoms with E-state index in [1.54, 1.807) is 7.11 Å². The van der Waals surface area contributed by atoms with Crippen LogP contribution in [0, 0.1) is 40.9 Å². The highest BCUT2D eigenvalue weighted by molar-refractivity contribution is 5.41. The zero-order valence-electron chi connectivity index (χ0n) is 24.8. The fraction of sp³-hybridized carbons (Fsp3) is 0.875. The van der Waals surface area contributed by atoms with Gasteiger partial charge in [-0.2, -0.15) is 0 Å². The lowest BCUT2D eigenvalue weighted by Gasteiger charge is -2.45. The van der Waals surface area contributed by atoms with Gasteiger partial charge in [-0.25, -0.2) is 0 Å². The molecule has 7 heteroatoms. The van der Waals surface area contributed by atoms with Crippen LogP contribution in [0.2, 0.25) is 0 Å². The Bertz CT molecular complexity index is 918. The van der Waals surface area contributed by atoms with Crippen molar-refractivity contribution in [1.29, 1.82) is 0 Å². The number of aliphatic hydroxyl groups is 2. The van der Waals surface area contributed by atoms with E-state index in [2.05, 4.69) is 33.8 Å². The highest BCUT2D eigenvalue weighted by Crippen LogP contribution is 2.58. The van der Waals surface area contributed by atoms with Gasteiger partial charge in [0.05, 0.1) is 43.5 Å². The van der Waals surface area contributed by atoms with Crippen molar-refractivity contribution >= 4 is 0 Å². The number of methoxy groups -OCH3 is 1. The molecule has 0 bridgehead atoms. The number of nitrogens with two attached hydrogens (primary N) is 1. The van der Waals surface area contributed by atoms with Gasteiger partial charge in [-0.3, -0.25) is 0 Å². The van der Waals surface area contributed by atoms with Crippen LogP contribution >= 0.6 is 0 Å². The molecule has 0 unspecified atom stereocenters. The number of unbranched alkanes of at least 4 members (excludes halogenated alkanes) is 2. The molecular formula is C32H53NO6. The predicted octanol–water partition coefficient (Wildman–Crippen LogP) is 4.21. The van der Waals surface area contributed by atoms with E-state index in [4.69, 9.17) is 24.7 Å². The highest BCUT2D eigenvalue weighted by atomic mass is 16.7. The van der Waals surface area contributed by atoms with Crippen molar-refractivity contribution in [2.24, 2.45) is 46.7 Å². The molecule has 222 valence electrons. The zero-order valence-corrected chi connectivity index (χ0v) is 24.8. The van der Waals surface area contributed by atoms with Gasteiger partial charge in [0.25, 0.3) is 0 Å². The summed E-state index contributed by atoms with van der Waals surface area (Å²) in [5.41, 5.74) is 9.69. The number of hydrogen-bond acceptors (Lipinski definition) is 7. The Balaban J connectivity index is 1.47. The quantitative estimate of drug-likeness (QED) is 0.278. The van der Waals surface area contributed by atoms with E-state index in [9.17, 15) is 10.2 Å². The topological polar surface area (TPSA) is 103 Å². The molecule has 11 atom stereocenters. The Hall–Kier alpha value is -0.800. The lowest BCUT2D eigenvalue weighted by Crippen LogP contribution is -2.48. The van der Waals surface area contributed by atoms with Crippen molar-refractivity contribution in [1.82, 2.24) is 0 Å². The van der Waals surface area contributed by atoms with Crippen molar-refractivity contribution in [2.45, 2.75) is 103 Å². The maximum absolute atomic E-state index is 12.2. The summed E-state index contributed by atoms with van der Waals surface area (Å²) in [6, 6.07) is 0. The second-order valence-corrected chi connectivity index (χ2v) is 13.5. The lowest BCUT2D eigenvalue weighted by molar-refractivity contribution is -0.159. The van der Waals surface area contributed by atoms with E-state index in [1.165, 1.54) is 16.7 Å². The molecule has 0 aromatic heterocycles. The maximum Gasteiger partial charge on any atom is 0.165 e. The van der Waals surface area contributed by atoms with Crippen molar-refractivity contribution in [2.75, 3.05) is 33.5 Å². The molecule has 0 radical (unpaired) electrons. The summed E-state index contributed by atoms with van der Waals surface area (Å²) >= 11 is 0. The van der Waals surface area contributed by atoms with Crippen LogP contribution < -0.4 is 5.73 Å². The standard InChI is InChI=1S/C32H53NO6/c1-18(2)21-11-12-32(4)15-23-20(16-36-5)9-10-22(23)19(3)28(34)26(27(21)32)30-29(35)25-24(39-30)17-38-31(25)37-14-8-6-7-13-33/h15,18-20,22,24-26,28-31,34-35H,6-14,16-17,33H2,1-5H3/t19-,20-,22+,24-,25+,26-,28-,29-,30-,31-,32-/m1/s1. The van der Waals surface area contributed by atoms with E-state index in [0.29, 0.717) is 37.5 Å². The van der Waals surface area contributed by atoms with Gasteiger partial charge in [0, 0.05) is 31.0 Å². The second-order valence-electron chi connectivity index (χ2n) is 13.5. The van der Waals surface area contributed by atoms with Crippen LogP contribution in [0.5, 0.6) is 0 Å². The molecule has 5 aliphatic rings. The van der Waals surface area contributed by atoms with Gasteiger partial charge < -0.3 is 34.9 Å². The number of hydrogen-bond donors (Lipinski definition) is 3. The average molecular weight is 548 g/mol. The van der Waals surface area contributed by atoms with Crippen LogP contribution in [0.4, 0.5) is 0 Å². The Morgan fingerprint density at radius 1 is 1.15 bits per heavy atom. The zero-order chi connectivity index (χ0) is 27.9. The molecular weight excluding hydrogens is 494 g/mol. The van der Waals surface area contributed by atoms with Crippen LogP contribution in [0.25, 0.3) is 0 Å². The minimum absolute atomic E-state index is 0.0660. The third-order valence-corrected chi connectivity index (χ3v) is 10.7. The number of ether oxygens (including phenoxy) is 4. The van der Waals surface area contributed by atoms with E-state index < -0.39 is 24.6 Å². The first-order chi connectivity index (χ1) is 18.7. The fourth-order valence-electron chi connectivity index (χ4n) is 8.70. The Labute approximate surface area is 235 Å². The molecule has 0 aromatic carbocycles. The minimum Gasteiger partial charge on any atom is -0.392 e. The van der Waals surface area contributed by atoms with Gasteiger partial charge in [-0.1, -0.05) is 50.5 Å². The van der Waals surface area contributed by atoms with Crippen molar-refractivity contribution in [3.05, 3.63) is 22.8 Å². The molecule has 0 spiro atoms. The van der Waals surface area contributed by atoms with Crippen molar-refractivity contribution < 1.29 is 29.2 Å². The predicted molar refractivity (Wildman–Crippen MR) is 151 cm³/mol. The molecule has 3 fully saturated rings. The number of rotatable bonds is 10. The van der Waals surface area contributed by atoms with E-state index in [0.717, 1.165) is 51.6 Å². The van der Waals surface area contributed by atoms with Gasteiger partial charge in [0.1, 0.15) is 0 Å². The van der Waals surface area contributed by atoms with Crippen LogP contribution in [-0.2, 0) is 18.9 Å². The van der Waals surface area contributed by atoms with Gasteiger partial charge in [-0.05, 0) is 69.2 Å². The summed E-state index contributed by atoms with van der Waals surface area (Å²) in [6.07, 6.45) is 7.23. The van der Waals surface area contributed by atoms with E-state index in [-0.39, 0.29) is 29.3 Å². The van der Waals surface area contributed by atoms with Gasteiger partial charge in [0.15, 0.2) is 6.29 Å². The minimum atomic E-state index is -0.753. The van der Waals surface area contributed by atoms with Gasteiger partial charge in [-0.15, -0.1) is 0 Å². The number of fused-ring (bicyclic) bond motifs is 3. The van der Waals surface area contributed by atoms with Crippen molar-refractivity contribution in [3.63, 3.8) is 0 Å². The first kappa shape index (κ1) is 29.7.